The summed E-state index contributed by atoms with van der Waals surface area (Å²) in [6, 6.07) is 6.07. The molecular weight excluding hydrogens is 438 g/mol. The summed E-state index contributed by atoms with van der Waals surface area (Å²) >= 11 is 5.31. The number of rotatable bonds is 7. The SMILES string of the molecule is Cc1nc(NCc2sc(C)nc2C)c(Br)c(OCC2CC2c2ccccn2)n1. The van der Waals surface area contributed by atoms with Gasteiger partial charge in [0.05, 0.1) is 23.9 Å². The van der Waals surface area contributed by atoms with Crippen LogP contribution in [0.15, 0.2) is 28.9 Å². The van der Waals surface area contributed by atoms with E-state index in [4.69, 9.17) is 4.74 Å². The van der Waals surface area contributed by atoms with Crippen molar-refractivity contribution in [3.63, 3.8) is 0 Å². The van der Waals surface area contributed by atoms with Gasteiger partial charge in [-0.2, -0.15) is 4.98 Å². The number of thiazole rings is 1. The molecule has 28 heavy (non-hydrogen) atoms. The van der Waals surface area contributed by atoms with Crippen molar-refractivity contribution in [2.45, 2.75) is 39.7 Å². The quantitative estimate of drug-likeness (QED) is 0.546. The second-order valence-corrected chi connectivity index (χ2v) is 9.08. The second-order valence-electron chi connectivity index (χ2n) is 7.00. The van der Waals surface area contributed by atoms with Crippen LogP contribution >= 0.6 is 27.3 Å². The molecule has 1 saturated carbocycles. The third-order valence-electron chi connectivity index (χ3n) is 4.77. The molecule has 0 bridgehead atoms. The molecule has 0 spiro atoms. The minimum absolute atomic E-state index is 0.483. The van der Waals surface area contributed by atoms with Gasteiger partial charge in [0.15, 0.2) is 0 Å². The highest BCUT2D eigenvalue weighted by atomic mass is 79.9. The van der Waals surface area contributed by atoms with Crippen LogP contribution in [-0.2, 0) is 6.54 Å². The molecule has 1 N–H and O–H groups in total. The third kappa shape index (κ3) is 4.33. The molecule has 2 unspecified atom stereocenters. The van der Waals surface area contributed by atoms with E-state index < -0.39 is 0 Å². The average molecular weight is 460 g/mol. The van der Waals surface area contributed by atoms with Gasteiger partial charge in [0, 0.05) is 28.6 Å². The molecule has 1 aliphatic carbocycles. The van der Waals surface area contributed by atoms with Gasteiger partial charge in [0.25, 0.3) is 0 Å². The number of anilines is 1. The minimum atomic E-state index is 0.483. The maximum Gasteiger partial charge on any atom is 0.233 e. The average Bonchev–Trinajstić information content (AvgIpc) is 3.39. The summed E-state index contributed by atoms with van der Waals surface area (Å²) in [7, 11) is 0. The lowest BCUT2D eigenvalue weighted by atomic mass is 10.2. The number of hydrogen-bond donors (Lipinski definition) is 1. The van der Waals surface area contributed by atoms with Gasteiger partial charge in [-0.1, -0.05) is 6.07 Å². The summed E-state index contributed by atoms with van der Waals surface area (Å²) in [5, 5.41) is 4.46. The topological polar surface area (TPSA) is 72.8 Å². The number of aryl methyl sites for hydroxylation is 3. The normalized spacial score (nSPS) is 18.1. The highest BCUT2D eigenvalue weighted by molar-refractivity contribution is 9.10. The summed E-state index contributed by atoms with van der Waals surface area (Å²) < 4.78 is 6.79. The Morgan fingerprint density at radius 2 is 2.07 bits per heavy atom. The molecule has 1 aliphatic rings. The molecule has 0 aliphatic heterocycles. The largest absolute Gasteiger partial charge is 0.476 e. The lowest BCUT2D eigenvalue weighted by molar-refractivity contribution is 0.282. The minimum Gasteiger partial charge on any atom is -0.476 e. The zero-order valence-electron chi connectivity index (χ0n) is 16.1. The predicted molar refractivity (Wildman–Crippen MR) is 114 cm³/mol. The smallest absolute Gasteiger partial charge is 0.233 e. The van der Waals surface area contributed by atoms with E-state index in [1.54, 1.807) is 11.3 Å². The van der Waals surface area contributed by atoms with Crippen LogP contribution in [0.4, 0.5) is 5.82 Å². The van der Waals surface area contributed by atoms with Crippen LogP contribution in [0.1, 0.15) is 39.4 Å². The zero-order chi connectivity index (χ0) is 19.7. The van der Waals surface area contributed by atoms with E-state index >= 15 is 0 Å². The first-order chi connectivity index (χ1) is 13.5. The molecule has 6 nitrogen and oxygen atoms in total. The predicted octanol–water partition coefficient (Wildman–Crippen LogP) is 4.81. The van der Waals surface area contributed by atoms with Crippen LogP contribution in [0.25, 0.3) is 0 Å². The van der Waals surface area contributed by atoms with Gasteiger partial charge in [-0.3, -0.25) is 4.98 Å². The van der Waals surface area contributed by atoms with Gasteiger partial charge in [-0.15, -0.1) is 11.3 Å². The van der Waals surface area contributed by atoms with Crippen molar-refractivity contribution in [3.05, 3.63) is 56.0 Å². The molecule has 0 radical (unpaired) electrons. The van der Waals surface area contributed by atoms with E-state index in [0.717, 1.165) is 33.1 Å². The van der Waals surface area contributed by atoms with Crippen LogP contribution in [0.2, 0.25) is 0 Å². The highest BCUT2D eigenvalue weighted by Crippen LogP contribution is 2.47. The first-order valence-corrected chi connectivity index (χ1v) is 10.9. The van der Waals surface area contributed by atoms with Crippen molar-refractivity contribution >= 4 is 33.1 Å². The van der Waals surface area contributed by atoms with E-state index in [1.807, 2.05) is 39.1 Å². The first-order valence-electron chi connectivity index (χ1n) is 9.26. The number of nitrogens with zero attached hydrogens (tertiary/aromatic N) is 4. The zero-order valence-corrected chi connectivity index (χ0v) is 18.5. The summed E-state index contributed by atoms with van der Waals surface area (Å²) in [5.74, 6) is 2.97. The molecule has 3 heterocycles. The van der Waals surface area contributed by atoms with Gasteiger partial charge in [-0.25, -0.2) is 9.97 Å². The fourth-order valence-electron chi connectivity index (χ4n) is 3.22. The summed E-state index contributed by atoms with van der Waals surface area (Å²) in [4.78, 5) is 19.1. The van der Waals surface area contributed by atoms with E-state index in [-0.39, 0.29) is 0 Å². The molecule has 146 valence electrons. The summed E-state index contributed by atoms with van der Waals surface area (Å²) in [6.07, 6.45) is 2.95. The van der Waals surface area contributed by atoms with Crippen LogP contribution in [0, 0.1) is 26.7 Å². The van der Waals surface area contributed by atoms with E-state index in [2.05, 4.69) is 47.2 Å². The number of ether oxygens (including phenoxy) is 1. The van der Waals surface area contributed by atoms with E-state index in [1.165, 1.54) is 4.88 Å². The Balaban J connectivity index is 1.40. The summed E-state index contributed by atoms with van der Waals surface area (Å²) in [6.45, 7) is 7.23. The lowest BCUT2D eigenvalue weighted by Crippen LogP contribution is -2.08. The van der Waals surface area contributed by atoms with Crippen molar-refractivity contribution in [2.24, 2.45) is 5.92 Å². The van der Waals surface area contributed by atoms with Gasteiger partial charge in [-0.05, 0) is 55.3 Å². The van der Waals surface area contributed by atoms with Crippen molar-refractivity contribution < 1.29 is 4.74 Å². The number of nitrogens with one attached hydrogen (secondary N) is 1. The van der Waals surface area contributed by atoms with Crippen molar-refractivity contribution in [2.75, 3.05) is 11.9 Å². The maximum atomic E-state index is 6.04. The van der Waals surface area contributed by atoms with Crippen LogP contribution in [0.3, 0.4) is 0 Å². The molecule has 0 saturated heterocycles. The highest BCUT2D eigenvalue weighted by Gasteiger charge is 2.40. The number of pyridine rings is 1. The monoisotopic (exact) mass is 459 g/mol. The van der Waals surface area contributed by atoms with Crippen molar-refractivity contribution in [1.82, 2.24) is 19.9 Å². The van der Waals surface area contributed by atoms with E-state index in [0.29, 0.717) is 36.7 Å². The van der Waals surface area contributed by atoms with Gasteiger partial charge in [0.2, 0.25) is 5.88 Å². The lowest BCUT2D eigenvalue weighted by Gasteiger charge is -2.12. The van der Waals surface area contributed by atoms with Crippen LogP contribution in [0.5, 0.6) is 5.88 Å². The maximum absolute atomic E-state index is 6.04. The molecule has 4 rings (SSSR count). The van der Waals surface area contributed by atoms with Crippen molar-refractivity contribution in [1.29, 1.82) is 0 Å². The fraction of sp³-hybridized carbons (Fsp3) is 0.400. The molecular formula is C20H22BrN5OS. The Labute approximate surface area is 177 Å². The van der Waals surface area contributed by atoms with Crippen molar-refractivity contribution in [3.8, 4) is 5.88 Å². The molecule has 8 heteroatoms. The fourth-order valence-corrected chi connectivity index (χ4v) is 4.53. The molecule has 0 amide bonds. The van der Waals surface area contributed by atoms with Gasteiger partial charge < -0.3 is 10.1 Å². The number of halogens is 1. The molecule has 2 atom stereocenters. The standard InChI is InChI=1S/C20H22BrN5OS/c1-11-17(28-13(3)24-11)9-23-19-18(21)20(26-12(2)25-19)27-10-14-8-15(14)16-6-4-5-7-22-16/h4-7,14-15H,8-10H2,1-3H3,(H,23,25,26). The first kappa shape index (κ1) is 19.3. The second kappa shape index (κ2) is 8.13. The Morgan fingerprint density at radius 3 is 2.79 bits per heavy atom. The molecule has 1 fully saturated rings. The number of hydrogen-bond acceptors (Lipinski definition) is 7. The number of aromatic nitrogens is 4. The van der Waals surface area contributed by atoms with Gasteiger partial charge >= 0.3 is 0 Å². The Morgan fingerprint density at radius 1 is 1.21 bits per heavy atom. The molecule has 0 aromatic carbocycles. The molecule has 3 aromatic rings. The Bertz CT molecular complexity index is 978. The summed E-state index contributed by atoms with van der Waals surface area (Å²) in [5.41, 5.74) is 2.20. The Kier molecular flexibility index (Phi) is 5.59. The van der Waals surface area contributed by atoms with E-state index in [9.17, 15) is 0 Å². The van der Waals surface area contributed by atoms with Crippen LogP contribution in [-0.4, -0.2) is 26.5 Å². The van der Waals surface area contributed by atoms with Crippen LogP contribution < -0.4 is 10.1 Å². The molecule has 3 aromatic heterocycles. The Hall–Kier alpha value is -2.06. The third-order valence-corrected chi connectivity index (χ3v) is 6.56. The van der Waals surface area contributed by atoms with Gasteiger partial charge in [0.1, 0.15) is 16.1 Å².